The van der Waals surface area contributed by atoms with E-state index in [9.17, 15) is 9.59 Å². The van der Waals surface area contributed by atoms with E-state index in [1.165, 1.54) is 11.3 Å². The molecule has 0 atom stereocenters. The Morgan fingerprint density at radius 1 is 1.14 bits per heavy atom. The fourth-order valence-corrected chi connectivity index (χ4v) is 2.66. The highest BCUT2D eigenvalue weighted by Crippen LogP contribution is 2.14. The number of hydrogen-bond acceptors (Lipinski definition) is 4. The lowest BCUT2D eigenvalue weighted by Crippen LogP contribution is -2.18. The third-order valence-electron chi connectivity index (χ3n) is 2.97. The van der Waals surface area contributed by atoms with Gasteiger partial charge in [0.05, 0.1) is 5.56 Å². The van der Waals surface area contributed by atoms with Crippen molar-refractivity contribution in [1.82, 2.24) is 10.6 Å². The second kappa shape index (κ2) is 7.01. The Hall–Kier alpha value is -2.18. The Bertz CT molecular complexity index is 635. The van der Waals surface area contributed by atoms with E-state index in [1.807, 2.05) is 12.1 Å². The average molecular weight is 304 g/mol. The minimum Gasteiger partial charge on any atom is -0.478 e. The molecule has 1 heterocycles. The van der Waals surface area contributed by atoms with Crippen LogP contribution in [0.4, 0.5) is 0 Å². The van der Waals surface area contributed by atoms with Crippen molar-refractivity contribution in [2.24, 2.45) is 0 Å². The summed E-state index contributed by atoms with van der Waals surface area (Å²) in [6.07, 6.45) is 0. The van der Waals surface area contributed by atoms with Gasteiger partial charge in [-0.1, -0.05) is 12.1 Å². The number of aromatic carboxylic acids is 1. The summed E-state index contributed by atoms with van der Waals surface area (Å²) in [7, 11) is 1.60. The van der Waals surface area contributed by atoms with E-state index in [0.717, 1.165) is 10.4 Å². The molecule has 21 heavy (non-hydrogen) atoms. The van der Waals surface area contributed by atoms with Gasteiger partial charge in [0.2, 0.25) is 0 Å². The van der Waals surface area contributed by atoms with Crippen LogP contribution in [0.1, 0.15) is 31.2 Å². The molecule has 6 heteroatoms. The normalized spacial score (nSPS) is 10.3. The molecule has 1 aromatic carbocycles. The van der Waals surface area contributed by atoms with Gasteiger partial charge in [-0.3, -0.25) is 4.79 Å². The average Bonchev–Trinajstić information content (AvgIpc) is 2.96. The van der Waals surface area contributed by atoms with Gasteiger partial charge in [-0.15, -0.1) is 11.3 Å². The Morgan fingerprint density at radius 2 is 1.86 bits per heavy atom. The third kappa shape index (κ3) is 4.14. The van der Waals surface area contributed by atoms with Crippen molar-refractivity contribution in [2.75, 3.05) is 7.05 Å². The van der Waals surface area contributed by atoms with E-state index in [2.05, 4.69) is 10.6 Å². The van der Waals surface area contributed by atoms with Gasteiger partial charge in [0.25, 0.3) is 5.91 Å². The first-order valence-corrected chi connectivity index (χ1v) is 7.30. The topological polar surface area (TPSA) is 78.4 Å². The molecule has 0 aliphatic carbocycles. The van der Waals surface area contributed by atoms with Crippen LogP contribution in [0, 0.1) is 0 Å². The van der Waals surface area contributed by atoms with Gasteiger partial charge in [-0.05, 0) is 23.8 Å². The molecule has 0 saturated carbocycles. The van der Waals surface area contributed by atoms with Crippen LogP contribution in [-0.2, 0) is 13.1 Å². The minimum absolute atomic E-state index is 0.103. The number of carbonyl (C=O) groups excluding carboxylic acids is 1. The third-order valence-corrected chi connectivity index (χ3v) is 3.91. The van der Waals surface area contributed by atoms with Gasteiger partial charge in [0.1, 0.15) is 0 Å². The highest BCUT2D eigenvalue weighted by atomic mass is 32.1. The van der Waals surface area contributed by atoms with Crippen LogP contribution >= 0.6 is 11.3 Å². The highest BCUT2D eigenvalue weighted by molar-refractivity contribution is 7.10. The molecule has 0 aliphatic heterocycles. The van der Waals surface area contributed by atoms with Crippen LogP contribution in [0.25, 0.3) is 0 Å². The van der Waals surface area contributed by atoms with Crippen LogP contribution in [0.3, 0.4) is 0 Å². The number of thiophene rings is 1. The smallest absolute Gasteiger partial charge is 0.336 e. The second-order valence-corrected chi connectivity index (χ2v) is 5.48. The lowest BCUT2D eigenvalue weighted by molar-refractivity contribution is 0.0697. The molecule has 0 unspecified atom stereocenters. The predicted octanol–water partition coefficient (Wildman–Crippen LogP) is 2.10. The van der Waals surface area contributed by atoms with Gasteiger partial charge in [-0.2, -0.15) is 0 Å². The maximum atomic E-state index is 11.4. The summed E-state index contributed by atoms with van der Waals surface area (Å²) in [6.45, 7) is 1.28. The molecule has 2 rings (SSSR count). The second-order valence-electron chi connectivity index (χ2n) is 4.49. The summed E-state index contributed by atoms with van der Waals surface area (Å²) in [6, 6.07) is 9.03. The molecule has 1 aromatic heterocycles. The molecule has 1 amide bonds. The molecule has 0 saturated heterocycles. The van der Waals surface area contributed by atoms with Gasteiger partial charge in [0.15, 0.2) is 0 Å². The molecule has 0 fully saturated rings. The van der Waals surface area contributed by atoms with E-state index >= 15 is 0 Å². The van der Waals surface area contributed by atoms with Crippen LogP contribution in [0.15, 0.2) is 35.7 Å². The molecule has 110 valence electrons. The maximum Gasteiger partial charge on any atom is 0.336 e. The summed E-state index contributed by atoms with van der Waals surface area (Å²) in [5.41, 5.74) is 2.02. The van der Waals surface area contributed by atoms with Crippen LogP contribution in [0.2, 0.25) is 0 Å². The van der Waals surface area contributed by atoms with Crippen LogP contribution in [-0.4, -0.2) is 24.0 Å². The van der Waals surface area contributed by atoms with Crippen molar-refractivity contribution < 1.29 is 14.7 Å². The molecule has 0 bridgehead atoms. The van der Waals surface area contributed by atoms with Gasteiger partial charge in [0, 0.05) is 36.0 Å². The number of carboxylic acid groups (broad SMARTS) is 1. The van der Waals surface area contributed by atoms with Crippen molar-refractivity contribution in [3.8, 4) is 0 Å². The predicted molar refractivity (Wildman–Crippen MR) is 81.7 cm³/mol. The SMILES string of the molecule is CNC(=O)c1ccc(CNCc2cc(C(=O)O)cs2)cc1. The van der Waals surface area contributed by atoms with Gasteiger partial charge >= 0.3 is 5.97 Å². The summed E-state index contributed by atoms with van der Waals surface area (Å²) in [5, 5.41) is 16.3. The lowest BCUT2D eigenvalue weighted by atomic mass is 10.1. The van der Waals surface area contributed by atoms with E-state index in [0.29, 0.717) is 24.2 Å². The molecular weight excluding hydrogens is 288 g/mol. The number of rotatable bonds is 6. The maximum absolute atomic E-state index is 11.4. The first kappa shape index (κ1) is 15.2. The van der Waals surface area contributed by atoms with Crippen LogP contribution in [0.5, 0.6) is 0 Å². The zero-order valence-electron chi connectivity index (χ0n) is 11.6. The van der Waals surface area contributed by atoms with Crippen molar-refractivity contribution in [1.29, 1.82) is 0 Å². The monoisotopic (exact) mass is 304 g/mol. The van der Waals surface area contributed by atoms with E-state index in [-0.39, 0.29) is 5.91 Å². The number of hydrogen-bond donors (Lipinski definition) is 3. The zero-order chi connectivity index (χ0) is 15.2. The quantitative estimate of drug-likeness (QED) is 0.763. The Balaban J connectivity index is 1.85. The lowest BCUT2D eigenvalue weighted by Gasteiger charge is -2.05. The van der Waals surface area contributed by atoms with Crippen LogP contribution < -0.4 is 10.6 Å². The number of carboxylic acids is 1. The van der Waals surface area contributed by atoms with Crippen molar-refractivity contribution in [2.45, 2.75) is 13.1 Å². The Kier molecular flexibility index (Phi) is 5.08. The van der Waals surface area contributed by atoms with Gasteiger partial charge in [-0.25, -0.2) is 4.79 Å². The summed E-state index contributed by atoms with van der Waals surface area (Å²) in [4.78, 5) is 23.2. The Labute approximate surface area is 126 Å². The van der Waals surface area contributed by atoms with E-state index in [4.69, 9.17) is 5.11 Å². The summed E-state index contributed by atoms with van der Waals surface area (Å²) in [5.74, 6) is -1.00. The van der Waals surface area contributed by atoms with Gasteiger partial charge < -0.3 is 15.7 Å². The molecule has 2 aromatic rings. The van der Waals surface area contributed by atoms with Crippen molar-refractivity contribution >= 4 is 23.2 Å². The molecular formula is C15H16N2O3S. The molecule has 0 radical (unpaired) electrons. The highest BCUT2D eigenvalue weighted by Gasteiger charge is 2.06. The standard InChI is InChI=1S/C15H16N2O3S/c1-16-14(18)11-4-2-10(3-5-11)7-17-8-13-6-12(9-21-13)15(19)20/h2-6,9,17H,7-8H2,1H3,(H,16,18)(H,19,20). The fourth-order valence-electron chi connectivity index (χ4n) is 1.83. The number of benzene rings is 1. The number of carbonyl (C=O) groups is 2. The fraction of sp³-hybridized carbons (Fsp3) is 0.200. The molecule has 0 spiro atoms. The Morgan fingerprint density at radius 3 is 2.43 bits per heavy atom. The first-order chi connectivity index (χ1) is 10.1. The van der Waals surface area contributed by atoms with Crippen molar-refractivity contribution in [3.63, 3.8) is 0 Å². The zero-order valence-corrected chi connectivity index (χ0v) is 12.4. The van der Waals surface area contributed by atoms with Crippen molar-refractivity contribution in [3.05, 3.63) is 57.3 Å². The minimum atomic E-state index is -0.901. The first-order valence-electron chi connectivity index (χ1n) is 6.42. The number of nitrogens with one attached hydrogen (secondary N) is 2. The largest absolute Gasteiger partial charge is 0.478 e. The number of amides is 1. The van der Waals surface area contributed by atoms with E-state index < -0.39 is 5.97 Å². The summed E-state index contributed by atoms with van der Waals surface area (Å²) < 4.78 is 0. The molecule has 3 N–H and O–H groups in total. The van der Waals surface area contributed by atoms with E-state index in [1.54, 1.807) is 30.6 Å². The molecule has 0 aliphatic rings. The summed E-state index contributed by atoms with van der Waals surface area (Å²) >= 11 is 1.43. The molecule has 5 nitrogen and oxygen atoms in total.